The first-order valence-electron chi connectivity index (χ1n) is 19.5. The van der Waals surface area contributed by atoms with E-state index in [-0.39, 0.29) is 17.7 Å². The number of carbonyl (C=O) groups excluding carboxylic acids is 3. The third-order valence-corrected chi connectivity index (χ3v) is 11.9. The SMILES string of the molecule is CN1C(=O)C(C)(C)c2ccc(-c3cccnc3)cc21.CN1C(=O)C(C)(C)c2ccc(-c3ccncc3)cc21.Cc1cc(-c2ccc3c(c2)N(C)C(=O)C3(C)C)ccn1. The molecule has 0 radical (unpaired) electrons. The van der Waals surface area contributed by atoms with Crippen molar-refractivity contribution in [2.24, 2.45) is 0 Å². The monoisotopic (exact) mass is 770 g/mol. The molecule has 3 aromatic carbocycles. The van der Waals surface area contributed by atoms with Gasteiger partial charge in [-0.15, -0.1) is 0 Å². The lowest BCUT2D eigenvalue weighted by molar-refractivity contribution is -0.122. The molecule has 6 heterocycles. The third kappa shape index (κ3) is 6.84. The van der Waals surface area contributed by atoms with Crippen LogP contribution in [0, 0.1) is 6.92 Å². The number of aromatic nitrogens is 3. The molecule has 9 nitrogen and oxygen atoms in total. The molecule has 3 aliphatic rings. The molecule has 0 fully saturated rings. The van der Waals surface area contributed by atoms with Crippen LogP contribution in [0.2, 0.25) is 0 Å². The molecule has 9 rings (SSSR count). The summed E-state index contributed by atoms with van der Waals surface area (Å²) in [6.07, 6.45) is 8.97. The Kier molecular flexibility index (Phi) is 10.1. The highest BCUT2D eigenvalue weighted by Crippen LogP contribution is 2.45. The topological polar surface area (TPSA) is 99.6 Å². The largest absolute Gasteiger partial charge is 0.314 e. The summed E-state index contributed by atoms with van der Waals surface area (Å²) in [7, 11) is 5.52. The molecule has 3 amide bonds. The van der Waals surface area contributed by atoms with E-state index in [0.29, 0.717) is 0 Å². The minimum absolute atomic E-state index is 0.144. The van der Waals surface area contributed by atoms with Crippen molar-refractivity contribution in [2.45, 2.75) is 64.7 Å². The Morgan fingerprint density at radius 3 is 1.24 bits per heavy atom. The van der Waals surface area contributed by atoms with E-state index in [2.05, 4.69) is 75.6 Å². The summed E-state index contributed by atoms with van der Waals surface area (Å²) in [5.74, 6) is 0.441. The van der Waals surface area contributed by atoms with Gasteiger partial charge < -0.3 is 14.7 Å². The van der Waals surface area contributed by atoms with E-state index in [1.807, 2.05) is 112 Å². The molecule has 6 aromatic rings. The predicted molar refractivity (Wildman–Crippen MR) is 233 cm³/mol. The van der Waals surface area contributed by atoms with E-state index in [4.69, 9.17) is 0 Å². The summed E-state index contributed by atoms with van der Waals surface area (Å²) in [6, 6.07) is 30.6. The number of anilines is 3. The lowest BCUT2D eigenvalue weighted by Gasteiger charge is -2.16. The highest BCUT2D eigenvalue weighted by Gasteiger charge is 2.44. The zero-order chi connectivity index (χ0) is 41.7. The van der Waals surface area contributed by atoms with Crippen LogP contribution in [-0.4, -0.2) is 53.8 Å². The third-order valence-electron chi connectivity index (χ3n) is 11.9. The molecular formula is C49H50N6O3. The van der Waals surface area contributed by atoms with Crippen LogP contribution in [-0.2, 0) is 30.6 Å². The van der Waals surface area contributed by atoms with Gasteiger partial charge in [0.2, 0.25) is 17.7 Å². The smallest absolute Gasteiger partial charge is 0.236 e. The molecule has 0 N–H and O–H groups in total. The lowest BCUT2D eigenvalue weighted by Crippen LogP contribution is -2.33. The molecule has 0 unspecified atom stereocenters. The summed E-state index contributed by atoms with van der Waals surface area (Å²) in [6.45, 7) is 13.8. The predicted octanol–water partition coefficient (Wildman–Crippen LogP) is 9.32. The standard InChI is InChI=1S/C17H18N2O.2C16H16N2O/c1-11-9-13(7-8-18-11)12-5-6-14-15(10-12)19(4)16(20)17(14,2)3;1-16(2)13-5-4-12(11-6-8-17-9-7-11)10-14(13)18(3)15(16)19;1-16(2)13-7-6-11(12-5-4-8-17-10-12)9-14(13)18(3)15(16)19/h5-10H,1-4H3;2*4-10H,1-3H3. The van der Waals surface area contributed by atoms with E-state index >= 15 is 0 Å². The average molecular weight is 771 g/mol. The highest BCUT2D eigenvalue weighted by atomic mass is 16.2. The van der Waals surface area contributed by atoms with Crippen LogP contribution in [0.5, 0.6) is 0 Å². The van der Waals surface area contributed by atoms with Crippen molar-refractivity contribution in [1.29, 1.82) is 0 Å². The molecule has 0 bridgehead atoms. The number of benzene rings is 3. The summed E-state index contributed by atoms with van der Waals surface area (Å²) in [5, 5.41) is 0. The number of amides is 3. The molecular weight excluding hydrogens is 721 g/mol. The summed E-state index contributed by atoms with van der Waals surface area (Å²) < 4.78 is 0. The first kappa shape index (κ1) is 39.7. The van der Waals surface area contributed by atoms with Gasteiger partial charge in [0, 0.05) is 80.4 Å². The second-order valence-electron chi connectivity index (χ2n) is 16.8. The van der Waals surface area contributed by atoms with Crippen molar-refractivity contribution in [3.05, 3.63) is 144 Å². The normalized spacial score (nSPS) is 16.5. The summed E-state index contributed by atoms with van der Waals surface area (Å²) in [5.41, 5.74) is 12.6. The van der Waals surface area contributed by atoms with Gasteiger partial charge in [-0.2, -0.15) is 0 Å². The van der Waals surface area contributed by atoms with Gasteiger partial charge in [0.15, 0.2) is 0 Å². The number of pyridine rings is 3. The highest BCUT2D eigenvalue weighted by molar-refractivity contribution is 6.09. The van der Waals surface area contributed by atoms with Gasteiger partial charge in [-0.25, -0.2) is 0 Å². The number of hydrogen-bond acceptors (Lipinski definition) is 6. The zero-order valence-corrected chi connectivity index (χ0v) is 35.0. The Bertz CT molecular complexity index is 2450. The lowest BCUT2D eigenvalue weighted by atomic mass is 9.85. The molecule has 0 saturated carbocycles. The van der Waals surface area contributed by atoms with Crippen LogP contribution in [0.25, 0.3) is 33.4 Å². The number of aryl methyl sites for hydroxylation is 1. The van der Waals surface area contributed by atoms with Gasteiger partial charge in [-0.05, 0) is 142 Å². The second kappa shape index (κ2) is 14.8. The van der Waals surface area contributed by atoms with Crippen LogP contribution >= 0.6 is 0 Å². The summed E-state index contributed by atoms with van der Waals surface area (Å²) in [4.78, 5) is 54.4. The van der Waals surface area contributed by atoms with Crippen LogP contribution < -0.4 is 14.7 Å². The van der Waals surface area contributed by atoms with E-state index < -0.39 is 16.2 Å². The van der Waals surface area contributed by atoms with E-state index in [0.717, 1.165) is 72.8 Å². The van der Waals surface area contributed by atoms with Gasteiger partial charge in [0.25, 0.3) is 0 Å². The Balaban J connectivity index is 0.000000132. The maximum Gasteiger partial charge on any atom is 0.236 e. The van der Waals surface area contributed by atoms with E-state index in [9.17, 15) is 14.4 Å². The van der Waals surface area contributed by atoms with Crippen molar-refractivity contribution >= 4 is 34.8 Å². The number of carbonyl (C=O) groups is 3. The Morgan fingerprint density at radius 1 is 0.431 bits per heavy atom. The van der Waals surface area contributed by atoms with Crippen LogP contribution in [0.4, 0.5) is 17.1 Å². The number of fused-ring (bicyclic) bond motifs is 3. The number of rotatable bonds is 3. The molecule has 3 aromatic heterocycles. The van der Waals surface area contributed by atoms with Gasteiger partial charge >= 0.3 is 0 Å². The Morgan fingerprint density at radius 2 is 0.828 bits per heavy atom. The van der Waals surface area contributed by atoms with Crippen molar-refractivity contribution in [2.75, 3.05) is 35.8 Å². The number of hydrogen-bond donors (Lipinski definition) is 0. The van der Waals surface area contributed by atoms with Crippen molar-refractivity contribution in [1.82, 2.24) is 15.0 Å². The Hall–Kier alpha value is -6.48. The molecule has 0 spiro atoms. The average Bonchev–Trinajstić information content (AvgIpc) is 3.61. The minimum atomic E-state index is -0.434. The molecule has 58 heavy (non-hydrogen) atoms. The maximum atomic E-state index is 12.3. The molecule has 9 heteroatoms. The fourth-order valence-corrected chi connectivity index (χ4v) is 8.29. The fraction of sp³-hybridized carbons (Fsp3) is 0.265. The zero-order valence-electron chi connectivity index (χ0n) is 35.0. The van der Waals surface area contributed by atoms with Crippen LogP contribution in [0.15, 0.2) is 122 Å². The maximum absolute atomic E-state index is 12.3. The fourth-order valence-electron chi connectivity index (χ4n) is 8.29. The summed E-state index contributed by atoms with van der Waals surface area (Å²) >= 11 is 0. The van der Waals surface area contributed by atoms with Gasteiger partial charge in [-0.3, -0.25) is 29.3 Å². The van der Waals surface area contributed by atoms with Gasteiger partial charge in [-0.1, -0.05) is 42.5 Å². The molecule has 0 aliphatic carbocycles. The number of nitrogens with zero attached hydrogens (tertiary/aromatic N) is 6. The first-order chi connectivity index (χ1) is 27.4. The van der Waals surface area contributed by atoms with Gasteiger partial charge in [0.1, 0.15) is 0 Å². The van der Waals surface area contributed by atoms with E-state index in [1.54, 1.807) is 33.3 Å². The van der Waals surface area contributed by atoms with Crippen molar-refractivity contribution in [3.63, 3.8) is 0 Å². The molecule has 294 valence electrons. The first-order valence-corrected chi connectivity index (χ1v) is 19.5. The molecule has 0 atom stereocenters. The van der Waals surface area contributed by atoms with Crippen LogP contribution in [0.3, 0.4) is 0 Å². The number of likely N-dealkylation sites (N-methyl/N-ethyl adjacent to an activating group) is 3. The van der Waals surface area contributed by atoms with Crippen molar-refractivity contribution in [3.8, 4) is 33.4 Å². The quantitative estimate of drug-likeness (QED) is 0.178. The second-order valence-corrected chi connectivity index (χ2v) is 16.8. The molecule has 3 aliphatic heterocycles. The van der Waals surface area contributed by atoms with Crippen molar-refractivity contribution < 1.29 is 14.4 Å². The minimum Gasteiger partial charge on any atom is -0.314 e. The van der Waals surface area contributed by atoms with Gasteiger partial charge in [0.05, 0.1) is 16.2 Å². The molecule has 0 saturated heterocycles. The Labute approximate surface area is 341 Å². The van der Waals surface area contributed by atoms with Crippen LogP contribution in [0.1, 0.15) is 63.9 Å². The van der Waals surface area contributed by atoms with E-state index in [1.165, 1.54) is 0 Å².